The van der Waals surface area contributed by atoms with Crippen LogP contribution in [0.2, 0.25) is 0 Å². The van der Waals surface area contributed by atoms with Gasteiger partial charge in [-0.05, 0) is 30.7 Å². The molecule has 0 bridgehead atoms. The number of amides is 1. The molecule has 0 saturated carbocycles. The van der Waals surface area contributed by atoms with Crippen LogP contribution in [0.3, 0.4) is 0 Å². The van der Waals surface area contributed by atoms with Crippen LogP contribution in [0.5, 0.6) is 0 Å². The minimum absolute atomic E-state index is 0.0689. The van der Waals surface area contributed by atoms with E-state index in [0.29, 0.717) is 24.5 Å². The van der Waals surface area contributed by atoms with E-state index >= 15 is 0 Å². The van der Waals surface area contributed by atoms with Crippen molar-refractivity contribution in [1.82, 2.24) is 9.88 Å². The van der Waals surface area contributed by atoms with Gasteiger partial charge in [0.05, 0.1) is 18.7 Å². The molecular weight excluding hydrogens is 254 g/mol. The number of likely N-dealkylation sites (tertiary alicyclic amines) is 1. The molecule has 3 rings (SSSR count). The summed E-state index contributed by atoms with van der Waals surface area (Å²) in [6.45, 7) is 2.86. The lowest BCUT2D eigenvalue weighted by Crippen LogP contribution is -2.63. The van der Waals surface area contributed by atoms with E-state index < -0.39 is 5.60 Å². The summed E-state index contributed by atoms with van der Waals surface area (Å²) >= 11 is 0. The monoisotopic (exact) mass is 273 g/mol. The number of benzene rings is 1. The maximum absolute atomic E-state index is 12.3. The maximum atomic E-state index is 12.3. The summed E-state index contributed by atoms with van der Waals surface area (Å²) in [5.41, 5.74) is 7.16. The number of aliphatic hydroxyl groups is 1. The number of nitrogens with one attached hydrogen (secondary N) is 1. The first kappa shape index (κ1) is 13.0. The van der Waals surface area contributed by atoms with E-state index in [-0.39, 0.29) is 5.91 Å². The number of aromatic amines is 1. The van der Waals surface area contributed by atoms with Crippen LogP contribution in [0.4, 0.5) is 5.69 Å². The third-order valence-electron chi connectivity index (χ3n) is 3.85. The van der Waals surface area contributed by atoms with Gasteiger partial charge in [-0.2, -0.15) is 0 Å². The topological polar surface area (TPSA) is 82.3 Å². The van der Waals surface area contributed by atoms with Gasteiger partial charge in [0.1, 0.15) is 5.69 Å². The number of aromatic nitrogens is 1. The minimum atomic E-state index is -0.694. The fourth-order valence-corrected chi connectivity index (χ4v) is 2.87. The molecule has 0 spiro atoms. The number of hydrogen-bond donors (Lipinski definition) is 3. The summed E-state index contributed by atoms with van der Waals surface area (Å²) in [5.74, 6) is -0.0689. The number of nitrogens with two attached hydrogens (primary N) is 1. The van der Waals surface area contributed by atoms with E-state index in [4.69, 9.17) is 5.73 Å². The molecule has 1 amide bonds. The second-order valence-electron chi connectivity index (χ2n) is 5.67. The van der Waals surface area contributed by atoms with E-state index in [0.717, 1.165) is 23.7 Å². The molecule has 4 N–H and O–H groups in total. The fraction of sp³-hybridized carbons (Fsp3) is 0.400. The molecule has 2 aromatic rings. The lowest BCUT2D eigenvalue weighted by atomic mass is 9.89. The molecule has 5 nitrogen and oxygen atoms in total. The number of carbonyl (C=O) groups excluding carboxylic acids is 1. The van der Waals surface area contributed by atoms with Crippen LogP contribution < -0.4 is 5.73 Å². The van der Waals surface area contributed by atoms with E-state index in [2.05, 4.69) is 4.98 Å². The molecule has 1 aliphatic heterocycles. The highest BCUT2D eigenvalue weighted by molar-refractivity contribution is 5.99. The number of hydrogen-bond acceptors (Lipinski definition) is 3. The number of nitrogen functional groups attached to an aromatic ring is 1. The van der Waals surface area contributed by atoms with Crippen LogP contribution in [-0.4, -0.2) is 39.6 Å². The number of nitrogens with zero attached hydrogens (tertiary/aromatic N) is 1. The molecule has 2 heterocycles. The van der Waals surface area contributed by atoms with Gasteiger partial charge >= 0.3 is 0 Å². The first-order valence-electron chi connectivity index (χ1n) is 6.91. The van der Waals surface area contributed by atoms with Gasteiger partial charge in [0.25, 0.3) is 5.91 Å². The highest BCUT2D eigenvalue weighted by atomic mass is 16.3. The summed E-state index contributed by atoms with van der Waals surface area (Å²) < 4.78 is 0. The lowest BCUT2D eigenvalue weighted by molar-refractivity contribution is -0.0861. The Morgan fingerprint density at radius 2 is 2.20 bits per heavy atom. The standard InChI is InChI=1S/C15H19N3O2/c1-2-5-15(20)8-18(9-15)14(19)13-7-10-6-11(16)3-4-12(10)17-13/h3-4,6-7,17,20H,2,5,8-9,16H2,1H3. The predicted octanol–water partition coefficient (Wildman–Crippen LogP) is 1.74. The van der Waals surface area contributed by atoms with Crippen molar-refractivity contribution in [2.24, 2.45) is 0 Å². The second kappa shape index (κ2) is 4.52. The molecule has 0 radical (unpaired) electrons. The van der Waals surface area contributed by atoms with Crippen LogP contribution in [0.1, 0.15) is 30.3 Å². The smallest absolute Gasteiger partial charge is 0.270 e. The molecule has 1 aliphatic rings. The molecule has 1 aromatic heterocycles. The van der Waals surface area contributed by atoms with Crippen molar-refractivity contribution in [3.63, 3.8) is 0 Å². The lowest BCUT2D eigenvalue weighted by Gasteiger charge is -2.46. The van der Waals surface area contributed by atoms with Crippen LogP contribution in [0, 0.1) is 0 Å². The van der Waals surface area contributed by atoms with Crippen molar-refractivity contribution in [1.29, 1.82) is 0 Å². The van der Waals surface area contributed by atoms with Gasteiger partial charge in [0, 0.05) is 16.6 Å². The van der Waals surface area contributed by atoms with Gasteiger partial charge < -0.3 is 20.7 Å². The van der Waals surface area contributed by atoms with E-state index in [1.165, 1.54) is 0 Å². The zero-order valence-electron chi connectivity index (χ0n) is 11.5. The van der Waals surface area contributed by atoms with Crippen molar-refractivity contribution < 1.29 is 9.90 Å². The maximum Gasteiger partial charge on any atom is 0.270 e. The van der Waals surface area contributed by atoms with Gasteiger partial charge in [0.2, 0.25) is 0 Å². The zero-order valence-corrected chi connectivity index (χ0v) is 11.5. The first-order chi connectivity index (χ1) is 9.50. The Kier molecular flexibility index (Phi) is 2.94. The number of H-pyrrole nitrogens is 1. The minimum Gasteiger partial charge on any atom is -0.399 e. The van der Waals surface area contributed by atoms with Crippen LogP contribution in [-0.2, 0) is 0 Å². The van der Waals surface area contributed by atoms with Gasteiger partial charge in [-0.1, -0.05) is 13.3 Å². The highest BCUT2D eigenvalue weighted by Gasteiger charge is 2.43. The van der Waals surface area contributed by atoms with E-state index in [9.17, 15) is 9.90 Å². The number of rotatable bonds is 3. The normalized spacial score (nSPS) is 17.2. The molecular formula is C15H19N3O2. The van der Waals surface area contributed by atoms with E-state index in [1.54, 1.807) is 11.0 Å². The first-order valence-corrected chi connectivity index (χ1v) is 6.91. The Morgan fingerprint density at radius 1 is 1.45 bits per heavy atom. The largest absolute Gasteiger partial charge is 0.399 e. The van der Waals surface area contributed by atoms with Crippen molar-refractivity contribution in [2.45, 2.75) is 25.4 Å². The van der Waals surface area contributed by atoms with Crippen LogP contribution in [0.25, 0.3) is 10.9 Å². The molecule has 1 saturated heterocycles. The van der Waals surface area contributed by atoms with Crippen molar-refractivity contribution in [3.8, 4) is 0 Å². The number of carbonyl (C=O) groups is 1. The summed E-state index contributed by atoms with van der Waals surface area (Å²) in [4.78, 5) is 17.1. The fourth-order valence-electron chi connectivity index (χ4n) is 2.87. The highest BCUT2D eigenvalue weighted by Crippen LogP contribution is 2.28. The van der Waals surface area contributed by atoms with Crippen LogP contribution >= 0.6 is 0 Å². The zero-order chi connectivity index (χ0) is 14.3. The number of fused-ring (bicyclic) bond motifs is 1. The summed E-state index contributed by atoms with van der Waals surface area (Å²) in [5, 5.41) is 11.1. The molecule has 0 atom stereocenters. The van der Waals surface area contributed by atoms with Crippen molar-refractivity contribution >= 4 is 22.5 Å². The molecule has 106 valence electrons. The molecule has 0 aliphatic carbocycles. The third kappa shape index (κ3) is 2.14. The Hall–Kier alpha value is -2.01. The predicted molar refractivity (Wildman–Crippen MR) is 78.5 cm³/mol. The van der Waals surface area contributed by atoms with Gasteiger partial charge in [-0.3, -0.25) is 4.79 Å². The van der Waals surface area contributed by atoms with E-state index in [1.807, 2.05) is 25.1 Å². The average Bonchev–Trinajstić information content (AvgIpc) is 2.78. The molecule has 20 heavy (non-hydrogen) atoms. The van der Waals surface area contributed by atoms with Gasteiger partial charge in [0.15, 0.2) is 0 Å². The Morgan fingerprint density at radius 3 is 2.90 bits per heavy atom. The third-order valence-corrected chi connectivity index (χ3v) is 3.85. The average molecular weight is 273 g/mol. The van der Waals surface area contributed by atoms with Crippen LogP contribution in [0.15, 0.2) is 24.3 Å². The summed E-state index contributed by atoms with van der Waals surface area (Å²) in [6.07, 6.45) is 1.66. The number of anilines is 1. The van der Waals surface area contributed by atoms with Gasteiger partial charge in [-0.15, -0.1) is 0 Å². The summed E-state index contributed by atoms with van der Waals surface area (Å²) in [6, 6.07) is 7.32. The number of β-amino-alcohol motifs (C(OH)–C–C–N with tert-alkyl or cyclic N) is 1. The Balaban J connectivity index is 1.77. The Labute approximate surface area is 117 Å². The quantitative estimate of drug-likeness (QED) is 0.745. The molecule has 0 unspecified atom stereocenters. The molecule has 1 fully saturated rings. The van der Waals surface area contributed by atoms with Gasteiger partial charge in [-0.25, -0.2) is 0 Å². The molecule has 1 aromatic carbocycles. The van der Waals surface area contributed by atoms with Crippen molar-refractivity contribution in [2.75, 3.05) is 18.8 Å². The Bertz CT molecular complexity index is 656. The second-order valence-corrected chi connectivity index (χ2v) is 5.67. The molecule has 5 heteroatoms. The van der Waals surface area contributed by atoms with Crippen molar-refractivity contribution in [3.05, 3.63) is 30.0 Å². The summed E-state index contributed by atoms with van der Waals surface area (Å²) in [7, 11) is 0. The SMILES string of the molecule is CCCC1(O)CN(C(=O)c2cc3cc(N)ccc3[nH]2)C1.